The molecule has 0 amide bonds. The maximum absolute atomic E-state index is 3.88. The van der Waals surface area contributed by atoms with E-state index in [9.17, 15) is 0 Å². The van der Waals surface area contributed by atoms with Gasteiger partial charge in [0.2, 0.25) is 0 Å². The van der Waals surface area contributed by atoms with Crippen LogP contribution in [0, 0.1) is 0 Å². The first-order valence-electron chi connectivity index (χ1n) is 5.21. The lowest BCUT2D eigenvalue weighted by molar-refractivity contribution is 0.706. The minimum atomic E-state index is 1.10. The van der Waals surface area contributed by atoms with Gasteiger partial charge >= 0.3 is 0 Å². The Hall–Kier alpha value is -0.720. The first-order chi connectivity index (χ1) is 6.16. The lowest BCUT2D eigenvalue weighted by atomic mass is 10.2. The number of rotatable bonds is 7. The summed E-state index contributed by atoms with van der Waals surface area (Å²) in [5.74, 6) is 0. The van der Waals surface area contributed by atoms with E-state index in [0.717, 1.165) is 19.4 Å². The van der Waals surface area contributed by atoms with Gasteiger partial charge in [0.15, 0.2) is 0 Å². The highest BCUT2D eigenvalue weighted by Crippen LogP contribution is 2.02. The molecule has 0 fully saturated rings. The molecule has 0 saturated carbocycles. The van der Waals surface area contributed by atoms with E-state index in [1.807, 2.05) is 0 Å². The number of nitrogens with one attached hydrogen (secondary N) is 1. The topological polar surface area (TPSA) is 12.0 Å². The highest BCUT2D eigenvalue weighted by Gasteiger charge is 1.88. The Morgan fingerprint density at radius 2 is 2.08 bits per heavy atom. The fourth-order valence-corrected chi connectivity index (χ4v) is 1.07. The summed E-state index contributed by atoms with van der Waals surface area (Å²) in [7, 11) is 0. The van der Waals surface area contributed by atoms with Crippen LogP contribution in [0.4, 0.5) is 0 Å². The second kappa shape index (κ2) is 7.90. The maximum atomic E-state index is 3.88. The zero-order valence-corrected chi connectivity index (χ0v) is 9.32. The number of hydrogen-bond donors (Lipinski definition) is 1. The Balaban J connectivity index is 3.45. The molecule has 0 saturated heterocycles. The van der Waals surface area contributed by atoms with Crippen molar-refractivity contribution in [3.8, 4) is 0 Å². The van der Waals surface area contributed by atoms with Gasteiger partial charge in [0.05, 0.1) is 0 Å². The second-order valence-corrected chi connectivity index (χ2v) is 3.66. The summed E-state index contributed by atoms with van der Waals surface area (Å²) in [6, 6.07) is 0. The lowest BCUT2D eigenvalue weighted by Crippen LogP contribution is -2.12. The predicted molar refractivity (Wildman–Crippen MR) is 60.7 cm³/mol. The second-order valence-electron chi connectivity index (χ2n) is 3.66. The molecule has 0 heterocycles. The number of allylic oxidation sites excluding steroid dienone is 3. The van der Waals surface area contributed by atoms with E-state index < -0.39 is 0 Å². The summed E-state index contributed by atoms with van der Waals surface area (Å²) in [4.78, 5) is 0. The molecule has 1 N–H and O–H groups in total. The van der Waals surface area contributed by atoms with Crippen LogP contribution in [0.15, 0.2) is 23.9 Å². The average Bonchev–Trinajstić information content (AvgIpc) is 2.04. The molecular weight excluding hydrogens is 158 g/mol. The molecule has 1 nitrogen and oxygen atoms in total. The molecule has 0 aromatic carbocycles. The molecule has 0 aliphatic rings. The van der Waals surface area contributed by atoms with E-state index in [4.69, 9.17) is 0 Å². The van der Waals surface area contributed by atoms with Crippen LogP contribution in [0.3, 0.4) is 0 Å². The molecule has 0 radical (unpaired) electrons. The molecule has 0 aliphatic heterocycles. The van der Waals surface area contributed by atoms with Crippen molar-refractivity contribution in [2.75, 3.05) is 6.54 Å². The summed E-state index contributed by atoms with van der Waals surface area (Å²) in [5, 5.41) is 3.39. The van der Waals surface area contributed by atoms with Crippen LogP contribution in [-0.2, 0) is 0 Å². The van der Waals surface area contributed by atoms with Crippen LogP contribution in [-0.4, -0.2) is 6.54 Å². The zero-order chi connectivity index (χ0) is 10.1. The van der Waals surface area contributed by atoms with Crippen molar-refractivity contribution in [1.29, 1.82) is 0 Å². The van der Waals surface area contributed by atoms with Crippen molar-refractivity contribution in [1.82, 2.24) is 5.32 Å². The predicted octanol–water partition coefficient (Wildman–Crippen LogP) is 3.64. The van der Waals surface area contributed by atoms with Crippen LogP contribution in [0.1, 0.15) is 46.5 Å². The molecule has 1 heteroatoms. The van der Waals surface area contributed by atoms with Crippen LogP contribution >= 0.6 is 0 Å². The summed E-state index contributed by atoms with van der Waals surface area (Å²) in [6.45, 7) is 11.4. The molecule has 13 heavy (non-hydrogen) atoms. The first kappa shape index (κ1) is 12.3. The smallest absolute Gasteiger partial charge is 0.0143 e. The molecule has 0 spiro atoms. The molecule has 0 atom stereocenters. The number of unbranched alkanes of at least 4 members (excludes halogenated alkanes) is 1. The molecule has 76 valence electrons. The third kappa shape index (κ3) is 9.19. The van der Waals surface area contributed by atoms with E-state index in [1.54, 1.807) is 0 Å². The van der Waals surface area contributed by atoms with Gasteiger partial charge in [-0.3, -0.25) is 0 Å². The monoisotopic (exact) mass is 181 g/mol. The van der Waals surface area contributed by atoms with E-state index in [-0.39, 0.29) is 0 Å². The van der Waals surface area contributed by atoms with E-state index in [2.05, 4.69) is 38.7 Å². The summed E-state index contributed by atoms with van der Waals surface area (Å²) in [5.41, 5.74) is 2.56. The van der Waals surface area contributed by atoms with Crippen molar-refractivity contribution in [3.05, 3.63) is 23.9 Å². The fourth-order valence-electron chi connectivity index (χ4n) is 1.07. The van der Waals surface area contributed by atoms with Crippen LogP contribution in [0.25, 0.3) is 0 Å². The lowest BCUT2D eigenvalue weighted by Gasteiger charge is -2.05. The highest BCUT2D eigenvalue weighted by molar-refractivity contribution is 4.98. The fraction of sp³-hybridized carbons (Fsp3) is 0.667. The zero-order valence-electron chi connectivity index (χ0n) is 9.32. The van der Waals surface area contributed by atoms with Crippen molar-refractivity contribution in [2.24, 2.45) is 0 Å². The molecule has 0 aromatic rings. The standard InChI is InChI=1S/C12H23N/c1-5-6-10-13-12(4)9-7-8-11(2)3/h9,13H,2,5-8,10H2,1,3-4H3/b12-9+. The Morgan fingerprint density at radius 1 is 1.38 bits per heavy atom. The molecular formula is C12H23N. The normalized spacial score (nSPS) is 11.5. The minimum absolute atomic E-state index is 1.10. The van der Waals surface area contributed by atoms with E-state index >= 15 is 0 Å². The minimum Gasteiger partial charge on any atom is -0.389 e. The van der Waals surface area contributed by atoms with Crippen molar-refractivity contribution < 1.29 is 0 Å². The van der Waals surface area contributed by atoms with Gasteiger partial charge in [0, 0.05) is 12.2 Å². The van der Waals surface area contributed by atoms with Gasteiger partial charge in [0.1, 0.15) is 0 Å². The van der Waals surface area contributed by atoms with Gasteiger partial charge in [-0.15, -0.1) is 6.58 Å². The van der Waals surface area contributed by atoms with E-state index in [1.165, 1.54) is 24.1 Å². The van der Waals surface area contributed by atoms with Gasteiger partial charge in [-0.25, -0.2) is 0 Å². The van der Waals surface area contributed by atoms with Gasteiger partial charge in [-0.1, -0.05) is 25.0 Å². The van der Waals surface area contributed by atoms with Gasteiger partial charge in [-0.05, 0) is 33.1 Å². The molecule has 0 unspecified atom stereocenters. The SMILES string of the molecule is C=C(C)CC/C=C(\C)NCCCC. The van der Waals surface area contributed by atoms with Crippen molar-refractivity contribution in [3.63, 3.8) is 0 Å². The third-order valence-corrected chi connectivity index (χ3v) is 1.96. The Labute approximate surface area is 82.9 Å². The van der Waals surface area contributed by atoms with Gasteiger partial charge < -0.3 is 5.32 Å². The summed E-state index contributed by atoms with van der Waals surface area (Å²) < 4.78 is 0. The Morgan fingerprint density at radius 3 is 2.62 bits per heavy atom. The molecule has 0 rings (SSSR count). The van der Waals surface area contributed by atoms with Crippen molar-refractivity contribution >= 4 is 0 Å². The largest absolute Gasteiger partial charge is 0.389 e. The molecule has 0 bridgehead atoms. The van der Waals surface area contributed by atoms with Crippen LogP contribution < -0.4 is 5.32 Å². The highest BCUT2D eigenvalue weighted by atomic mass is 14.9. The van der Waals surface area contributed by atoms with E-state index in [0.29, 0.717) is 0 Å². The van der Waals surface area contributed by atoms with Crippen LogP contribution in [0.5, 0.6) is 0 Å². The van der Waals surface area contributed by atoms with Crippen LogP contribution in [0.2, 0.25) is 0 Å². The summed E-state index contributed by atoms with van der Waals surface area (Å²) >= 11 is 0. The Bertz CT molecular complexity index is 168. The van der Waals surface area contributed by atoms with Gasteiger partial charge in [0.25, 0.3) is 0 Å². The first-order valence-corrected chi connectivity index (χ1v) is 5.21. The third-order valence-electron chi connectivity index (χ3n) is 1.96. The molecule has 0 aliphatic carbocycles. The van der Waals surface area contributed by atoms with Gasteiger partial charge in [-0.2, -0.15) is 0 Å². The molecule has 0 aromatic heterocycles. The quantitative estimate of drug-likeness (QED) is 0.467. The number of hydrogen-bond acceptors (Lipinski definition) is 1. The maximum Gasteiger partial charge on any atom is 0.0143 e. The Kier molecular flexibility index (Phi) is 7.47. The van der Waals surface area contributed by atoms with Crippen molar-refractivity contribution in [2.45, 2.75) is 46.5 Å². The summed E-state index contributed by atoms with van der Waals surface area (Å²) in [6.07, 6.45) is 6.98. The average molecular weight is 181 g/mol.